The monoisotopic (exact) mass is 157 g/mol. The second kappa shape index (κ2) is 3.57. The lowest BCUT2D eigenvalue weighted by Crippen LogP contribution is -2.46. The Morgan fingerprint density at radius 3 is 2.55 bits per heavy atom. The van der Waals surface area contributed by atoms with Crippen molar-refractivity contribution < 1.29 is 4.79 Å². The van der Waals surface area contributed by atoms with Gasteiger partial charge in [0.05, 0.1) is 0 Å². The molecule has 0 unspecified atom stereocenters. The van der Waals surface area contributed by atoms with Crippen LogP contribution in [-0.2, 0) is 0 Å². The summed E-state index contributed by atoms with van der Waals surface area (Å²) < 4.78 is 0. The number of hydrogen-bond acceptors (Lipinski definition) is 2. The van der Waals surface area contributed by atoms with Gasteiger partial charge < -0.3 is 4.90 Å². The Bertz CT molecular complexity index is 141. The van der Waals surface area contributed by atoms with Gasteiger partial charge in [0.1, 0.15) is 0 Å². The number of urea groups is 1. The number of carbonyl (C=O) groups is 1. The zero-order valence-corrected chi connectivity index (χ0v) is 6.84. The van der Waals surface area contributed by atoms with Crippen molar-refractivity contribution >= 4 is 6.03 Å². The lowest BCUT2D eigenvalue weighted by Gasteiger charge is -2.29. The van der Waals surface area contributed by atoms with Crippen LogP contribution < -0.4 is 11.3 Å². The van der Waals surface area contributed by atoms with Gasteiger partial charge in [-0.15, -0.1) is 0 Å². The molecule has 1 aliphatic heterocycles. The van der Waals surface area contributed by atoms with E-state index in [1.807, 2.05) is 0 Å². The number of rotatable bonds is 0. The third-order valence-electron chi connectivity index (χ3n) is 2.19. The van der Waals surface area contributed by atoms with Crippen molar-refractivity contribution in [1.29, 1.82) is 0 Å². The molecule has 0 aromatic carbocycles. The topological polar surface area (TPSA) is 58.4 Å². The predicted octanol–water partition coefficient (Wildman–Crippen LogP) is 0.302. The standard InChI is InChI=1S/C7H15N3O/c1-6-2-4-10(5-3-6)7(11)9-8/h6H,2-5,8H2,1H3,(H,9,11). The second-order valence-corrected chi connectivity index (χ2v) is 3.12. The van der Waals surface area contributed by atoms with Gasteiger partial charge in [-0.1, -0.05) is 6.92 Å². The molecule has 4 heteroatoms. The first-order chi connectivity index (χ1) is 5.24. The molecule has 0 aromatic rings. The van der Waals surface area contributed by atoms with Crippen LogP contribution in [0.1, 0.15) is 19.8 Å². The van der Waals surface area contributed by atoms with Gasteiger partial charge in [0.2, 0.25) is 0 Å². The van der Waals surface area contributed by atoms with Crippen molar-refractivity contribution in [2.24, 2.45) is 11.8 Å². The Morgan fingerprint density at radius 1 is 1.55 bits per heavy atom. The average molecular weight is 157 g/mol. The Labute approximate surface area is 66.7 Å². The highest BCUT2D eigenvalue weighted by molar-refractivity contribution is 5.73. The lowest BCUT2D eigenvalue weighted by atomic mass is 10.00. The van der Waals surface area contributed by atoms with Gasteiger partial charge >= 0.3 is 6.03 Å². The van der Waals surface area contributed by atoms with Crippen molar-refractivity contribution in [2.45, 2.75) is 19.8 Å². The minimum absolute atomic E-state index is 0.156. The molecule has 3 N–H and O–H groups in total. The predicted molar refractivity (Wildman–Crippen MR) is 42.7 cm³/mol. The average Bonchev–Trinajstić information content (AvgIpc) is 2.05. The van der Waals surface area contributed by atoms with Gasteiger partial charge in [-0.2, -0.15) is 0 Å². The molecule has 0 spiro atoms. The van der Waals surface area contributed by atoms with Crippen molar-refractivity contribution in [3.8, 4) is 0 Å². The summed E-state index contributed by atoms with van der Waals surface area (Å²) >= 11 is 0. The molecule has 1 aliphatic rings. The minimum atomic E-state index is -0.156. The highest BCUT2D eigenvalue weighted by Crippen LogP contribution is 2.15. The van der Waals surface area contributed by atoms with E-state index >= 15 is 0 Å². The second-order valence-electron chi connectivity index (χ2n) is 3.12. The zero-order chi connectivity index (χ0) is 8.27. The Morgan fingerprint density at radius 2 is 2.09 bits per heavy atom. The van der Waals surface area contributed by atoms with Gasteiger partial charge in [0.25, 0.3) is 0 Å². The van der Waals surface area contributed by atoms with Crippen LogP contribution in [0.4, 0.5) is 4.79 Å². The molecule has 2 amide bonds. The number of carbonyl (C=O) groups excluding carboxylic acids is 1. The number of nitrogens with zero attached hydrogens (tertiary/aromatic N) is 1. The summed E-state index contributed by atoms with van der Waals surface area (Å²) in [5, 5.41) is 0. The molecule has 4 nitrogen and oxygen atoms in total. The van der Waals surface area contributed by atoms with Gasteiger partial charge in [-0.25, -0.2) is 10.6 Å². The van der Waals surface area contributed by atoms with Crippen LogP contribution in [0.3, 0.4) is 0 Å². The molecule has 11 heavy (non-hydrogen) atoms. The third kappa shape index (κ3) is 2.08. The van der Waals surface area contributed by atoms with Crippen LogP contribution in [0, 0.1) is 5.92 Å². The largest absolute Gasteiger partial charge is 0.331 e. The van der Waals surface area contributed by atoms with E-state index in [9.17, 15) is 4.79 Å². The molecule has 0 aromatic heterocycles. The fourth-order valence-corrected chi connectivity index (χ4v) is 1.30. The maximum Gasteiger partial charge on any atom is 0.331 e. The summed E-state index contributed by atoms with van der Waals surface area (Å²) in [6.45, 7) is 3.88. The molecule has 0 aliphatic carbocycles. The normalized spacial score (nSPS) is 20.0. The first kappa shape index (κ1) is 8.33. The molecule has 0 saturated carbocycles. The quantitative estimate of drug-likeness (QED) is 0.302. The van der Waals surface area contributed by atoms with Gasteiger partial charge in [0.15, 0.2) is 0 Å². The van der Waals surface area contributed by atoms with Gasteiger partial charge in [0, 0.05) is 13.1 Å². The fraction of sp³-hybridized carbons (Fsp3) is 0.857. The molecular weight excluding hydrogens is 142 g/mol. The number of hydrazine groups is 1. The van der Waals surface area contributed by atoms with Crippen LogP contribution in [-0.4, -0.2) is 24.0 Å². The van der Waals surface area contributed by atoms with Crippen molar-refractivity contribution in [1.82, 2.24) is 10.3 Å². The molecule has 1 heterocycles. The molecule has 1 saturated heterocycles. The van der Waals surface area contributed by atoms with E-state index in [2.05, 4.69) is 12.3 Å². The van der Waals surface area contributed by atoms with E-state index in [1.165, 1.54) is 0 Å². The summed E-state index contributed by atoms with van der Waals surface area (Å²) in [7, 11) is 0. The number of piperidine rings is 1. The maximum absolute atomic E-state index is 11.0. The minimum Gasteiger partial charge on any atom is -0.324 e. The Balaban J connectivity index is 2.33. The van der Waals surface area contributed by atoms with Gasteiger partial charge in [-0.05, 0) is 18.8 Å². The molecule has 0 bridgehead atoms. The van der Waals surface area contributed by atoms with Crippen LogP contribution in [0.2, 0.25) is 0 Å². The maximum atomic E-state index is 11.0. The first-order valence-electron chi connectivity index (χ1n) is 3.99. The molecule has 0 atom stereocenters. The lowest BCUT2D eigenvalue weighted by molar-refractivity contribution is 0.174. The number of hydrogen-bond donors (Lipinski definition) is 2. The van der Waals surface area contributed by atoms with E-state index in [-0.39, 0.29) is 6.03 Å². The third-order valence-corrected chi connectivity index (χ3v) is 2.19. The van der Waals surface area contributed by atoms with E-state index in [0.717, 1.165) is 31.8 Å². The summed E-state index contributed by atoms with van der Waals surface area (Å²) in [5.41, 5.74) is 2.14. The SMILES string of the molecule is CC1CCN(C(=O)NN)CC1. The molecular formula is C7H15N3O. The van der Waals surface area contributed by atoms with Crippen LogP contribution >= 0.6 is 0 Å². The van der Waals surface area contributed by atoms with E-state index in [4.69, 9.17) is 5.84 Å². The van der Waals surface area contributed by atoms with Crippen molar-refractivity contribution in [2.75, 3.05) is 13.1 Å². The molecule has 0 radical (unpaired) electrons. The summed E-state index contributed by atoms with van der Waals surface area (Å²) in [6.07, 6.45) is 2.18. The molecule has 1 fully saturated rings. The smallest absolute Gasteiger partial charge is 0.324 e. The zero-order valence-electron chi connectivity index (χ0n) is 6.84. The molecule has 1 rings (SSSR count). The first-order valence-corrected chi connectivity index (χ1v) is 3.99. The van der Waals surface area contributed by atoms with Crippen molar-refractivity contribution in [3.63, 3.8) is 0 Å². The van der Waals surface area contributed by atoms with E-state index in [1.54, 1.807) is 4.90 Å². The van der Waals surface area contributed by atoms with Crippen LogP contribution in [0.15, 0.2) is 0 Å². The Hall–Kier alpha value is -0.770. The summed E-state index contributed by atoms with van der Waals surface area (Å²) in [4.78, 5) is 12.7. The fourth-order valence-electron chi connectivity index (χ4n) is 1.30. The highest BCUT2D eigenvalue weighted by atomic mass is 16.2. The number of nitrogens with one attached hydrogen (secondary N) is 1. The van der Waals surface area contributed by atoms with E-state index < -0.39 is 0 Å². The Kier molecular flexibility index (Phi) is 2.70. The number of amides is 2. The summed E-state index contributed by atoms with van der Waals surface area (Å²) in [5.74, 6) is 5.74. The van der Waals surface area contributed by atoms with Crippen LogP contribution in [0.25, 0.3) is 0 Å². The van der Waals surface area contributed by atoms with Crippen LogP contribution in [0.5, 0.6) is 0 Å². The number of likely N-dealkylation sites (tertiary alicyclic amines) is 1. The van der Waals surface area contributed by atoms with Gasteiger partial charge in [-0.3, -0.25) is 5.43 Å². The number of nitrogens with two attached hydrogens (primary N) is 1. The highest BCUT2D eigenvalue weighted by Gasteiger charge is 2.18. The molecule has 64 valence electrons. The van der Waals surface area contributed by atoms with E-state index in [0.29, 0.717) is 0 Å². The summed E-state index contributed by atoms with van der Waals surface area (Å²) in [6, 6.07) is -0.156. The van der Waals surface area contributed by atoms with Crippen molar-refractivity contribution in [3.05, 3.63) is 0 Å².